The van der Waals surface area contributed by atoms with Gasteiger partial charge in [0.15, 0.2) is 0 Å². The molecule has 0 aromatic carbocycles. The summed E-state index contributed by atoms with van der Waals surface area (Å²) in [6.45, 7) is 2.05. The highest BCUT2D eigenvalue weighted by atomic mass is 32.1. The molecular weight excluding hydrogens is 302 g/mol. The molecule has 1 aliphatic rings. The number of nitrogens with one attached hydrogen (secondary N) is 1. The molecule has 6 heteroatoms. The van der Waals surface area contributed by atoms with Gasteiger partial charge in [0.2, 0.25) is 5.91 Å². The molecule has 1 heterocycles. The number of aromatic nitrogens is 1. The topological polar surface area (TPSA) is 68.0 Å². The van der Waals surface area contributed by atoms with E-state index in [0.29, 0.717) is 4.99 Å². The minimum absolute atomic E-state index is 0.0149. The molecule has 1 aliphatic carbocycles. The third kappa shape index (κ3) is 3.61. The van der Waals surface area contributed by atoms with Gasteiger partial charge in [-0.05, 0) is 19.3 Å². The van der Waals surface area contributed by atoms with Gasteiger partial charge in [0, 0.05) is 11.6 Å². The van der Waals surface area contributed by atoms with Gasteiger partial charge in [0.25, 0.3) is 0 Å². The minimum atomic E-state index is -0.670. The van der Waals surface area contributed by atoms with Crippen molar-refractivity contribution >= 4 is 34.5 Å². The Bertz CT molecular complexity index is 479. The third-order valence-corrected chi connectivity index (χ3v) is 5.61. The monoisotopic (exact) mass is 325 g/mol. The van der Waals surface area contributed by atoms with E-state index in [4.69, 9.17) is 18.0 Å². The van der Waals surface area contributed by atoms with Gasteiger partial charge in [-0.25, -0.2) is 4.98 Å². The first-order valence-corrected chi connectivity index (χ1v) is 8.89. The van der Waals surface area contributed by atoms with Crippen LogP contribution in [-0.4, -0.2) is 15.9 Å². The maximum absolute atomic E-state index is 12.9. The smallest absolute Gasteiger partial charge is 0.233 e. The Labute approximate surface area is 135 Å². The fraction of sp³-hybridized carbons (Fsp3) is 0.667. The molecule has 116 valence electrons. The molecule has 0 bridgehead atoms. The largest absolute Gasteiger partial charge is 0.392 e. The van der Waals surface area contributed by atoms with Crippen LogP contribution < -0.4 is 11.1 Å². The van der Waals surface area contributed by atoms with Crippen molar-refractivity contribution in [2.24, 2.45) is 11.1 Å². The number of thiocarbonyl (C=S) groups is 1. The second-order valence-corrected chi connectivity index (χ2v) is 7.03. The van der Waals surface area contributed by atoms with Crippen LogP contribution >= 0.6 is 23.6 Å². The van der Waals surface area contributed by atoms with Crippen molar-refractivity contribution < 1.29 is 4.79 Å². The molecule has 1 unspecified atom stereocenters. The Morgan fingerprint density at radius 3 is 2.62 bits per heavy atom. The van der Waals surface area contributed by atoms with E-state index in [1.807, 2.05) is 12.3 Å². The number of nitrogens with zero attached hydrogens (tertiary/aromatic N) is 1. The normalized spacial score (nSPS) is 19.5. The molecule has 1 saturated carbocycles. The van der Waals surface area contributed by atoms with E-state index in [0.717, 1.165) is 50.0 Å². The summed E-state index contributed by atoms with van der Waals surface area (Å²) in [5.41, 5.74) is 5.30. The Balaban J connectivity index is 2.16. The van der Waals surface area contributed by atoms with E-state index in [1.165, 1.54) is 0 Å². The summed E-state index contributed by atoms with van der Waals surface area (Å²) in [6, 6.07) is -0.0491. The lowest BCUT2D eigenvalue weighted by molar-refractivity contribution is -0.128. The Kier molecular flexibility index (Phi) is 5.70. The fourth-order valence-electron chi connectivity index (χ4n) is 2.96. The van der Waals surface area contributed by atoms with Crippen LogP contribution in [0.5, 0.6) is 0 Å². The lowest BCUT2D eigenvalue weighted by Gasteiger charge is -2.31. The van der Waals surface area contributed by atoms with Gasteiger partial charge in [0.05, 0.1) is 16.4 Å². The van der Waals surface area contributed by atoms with Gasteiger partial charge in [-0.2, -0.15) is 0 Å². The van der Waals surface area contributed by atoms with Crippen molar-refractivity contribution in [1.29, 1.82) is 0 Å². The van der Waals surface area contributed by atoms with Gasteiger partial charge in [0.1, 0.15) is 5.01 Å². The standard InChI is InChI=1S/C15H23N3OS2/c1-2-11(12-17-9-10-21-12)18-14(19)15(13(16)20)7-5-3-4-6-8-15/h9-11H,2-8H2,1H3,(H2,16,20)(H,18,19). The first-order chi connectivity index (χ1) is 10.1. The zero-order chi connectivity index (χ0) is 15.3. The minimum Gasteiger partial charge on any atom is -0.392 e. The van der Waals surface area contributed by atoms with Crippen LogP contribution in [0.1, 0.15) is 62.9 Å². The average molecular weight is 326 g/mol. The number of hydrogen-bond acceptors (Lipinski definition) is 4. The zero-order valence-corrected chi connectivity index (χ0v) is 14.1. The van der Waals surface area contributed by atoms with Gasteiger partial charge in [-0.1, -0.05) is 44.8 Å². The number of carbonyl (C=O) groups is 1. The number of amides is 1. The molecule has 1 amide bonds. The molecule has 0 saturated heterocycles. The molecule has 0 radical (unpaired) electrons. The number of carbonyl (C=O) groups excluding carboxylic acids is 1. The highest BCUT2D eigenvalue weighted by Gasteiger charge is 2.42. The van der Waals surface area contributed by atoms with Crippen LogP contribution in [0.4, 0.5) is 0 Å². The maximum Gasteiger partial charge on any atom is 0.233 e. The predicted molar refractivity (Wildman–Crippen MR) is 90.2 cm³/mol. The highest BCUT2D eigenvalue weighted by molar-refractivity contribution is 7.80. The van der Waals surface area contributed by atoms with E-state index < -0.39 is 5.41 Å². The summed E-state index contributed by atoms with van der Waals surface area (Å²) in [6.07, 6.45) is 8.45. The van der Waals surface area contributed by atoms with Gasteiger partial charge < -0.3 is 11.1 Å². The molecular formula is C15H23N3OS2. The summed E-state index contributed by atoms with van der Waals surface area (Å²) < 4.78 is 0. The Morgan fingerprint density at radius 2 is 2.14 bits per heavy atom. The van der Waals surface area contributed by atoms with E-state index in [9.17, 15) is 4.79 Å². The van der Waals surface area contributed by atoms with E-state index in [1.54, 1.807) is 17.5 Å². The van der Waals surface area contributed by atoms with Crippen molar-refractivity contribution in [3.05, 3.63) is 16.6 Å². The molecule has 1 fully saturated rings. The van der Waals surface area contributed by atoms with Crippen molar-refractivity contribution in [1.82, 2.24) is 10.3 Å². The average Bonchev–Trinajstić information content (AvgIpc) is 2.87. The predicted octanol–water partition coefficient (Wildman–Crippen LogP) is 3.34. The van der Waals surface area contributed by atoms with Crippen molar-refractivity contribution in [2.45, 2.75) is 57.9 Å². The molecule has 21 heavy (non-hydrogen) atoms. The second kappa shape index (κ2) is 7.31. The molecule has 2 rings (SSSR count). The quantitative estimate of drug-likeness (QED) is 0.643. The molecule has 1 aromatic rings. The summed E-state index contributed by atoms with van der Waals surface area (Å²) >= 11 is 6.82. The van der Waals surface area contributed by atoms with Gasteiger partial charge in [-0.3, -0.25) is 4.79 Å². The van der Waals surface area contributed by atoms with Gasteiger partial charge >= 0.3 is 0 Å². The fourth-order valence-corrected chi connectivity index (χ4v) is 4.03. The van der Waals surface area contributed by atoms with E-state index >= 15 is 0 Å². The summed E-state index contributed by atoms with van der Waals surface area (Å²) in [5.74, 6) is -0.0149. The van der Waals surface area contributed by atoms with Crippen molar-refractivity contribution in [3.8, 4) is 0 Å². The first kappa shape index (κ1) is 16.4. The summed E-state index contributed by atoms with van der Waals surface area (Å²) in [4.78, 5) is 17.5. The zero-order valence-electron chi connectivity index (χ0n) is 12.4. The number of thiazole rings is 1. The maximum atomic E-state index is 12.9. The molecule has 0 aliphatic heterocycles. The van der Waals surface area contributed by atoms with Crippen molar-refractivity contribution in [3.63, 3.8) is 0 Å². The van der Waals surface area contributed by atoms with E-state index in [-0.39, 0.29) is 11.9 Å². The number of hydrogen-bond donors (Lipinski definition) is 2. The Morgan fingerprint density at radius 1 is 1.48 bits per heavy atom. The summed E-state index contributed by atoms with van der Waals surface area (Å²) in [7, 11) is 0. The van der Waals surface area contributed by atoms with Crippen LogP contribution in [0.25, 0.3) is 0 Å². The van der Waals surface area contributed by atoms with Crippen LogP contribution in [0.15, 0.2) is 11.6 Å². The van der Waals surface area contributed by atoms with E-state index in [2.05, 4.69) is 10.3 Å². The molecule has 0 spiro atoms. The lowest BCUT2D eigenvalue weighted by Crippen LogP contribution is -2.49. The third-order valence-electron chi connectivity index (χ3n) is 4.33. The van der Waals surface area contributed by atoms with Crippen molar-refractivity contribution in [2.75, 3.05) is 0 Å². The van der Waals surface area contributed by atoms with Gasteiger partial charge in [-0.15, -0.1) is 11.3 Å². The van der Waals surface area contributed by atoms with Crippen LogP contribution in [-0.2, 0) is 4.79 Å². The van der Waals surface area contributed by atoms with Crippen LogP contribution in [0, 0.1) is 5.41 Å². The number of rotatable bonds is 5. The summed E-state index contributed by atoms with van der Waals surface area (Å²) in [5, 5.41) is 6.00. The first-order valence-electron chi connectivity index (χ1n) is 7.60. The second-order valence-electron chi connectivity index (χ2n) is 5.67. The highest BCUT2D eigenvalue weighted by Crippen LogP contribution is 2.36. The van der Waals surface area contributed by atoms with Crippen LogP contribution in [0.2, 0.25) is 0 Å². The molecule has 3 N–H and O–H groups in total. The van der Waals surface area contributed by atoms with Crippen LogP contribution in [0.3, 0.4) is 0 Å². The number of nitrogens with two attached hydrogens (primary N) is 1. The lowest BCUT2D eigenvalue weighted by atomic mass is 9.79. The molecule has 1 aromatic heterocycles. The SMILES string of the molecule is CCC(NC(=O)C1(C(N)=S)CCCCCC1)c1nccs1. The molecule has 4 nitrogen and oxygen atoms in total. The Hall–Kier alpha value is -1.01. The molecule has 1 atom stereocenters.